The van der Waals surface area contributed by atoms with Crippen LogP contribution < -0.4 is 14.8 Å². The third-order valence-corrected chi connectivity index (χ3v) is 5.21. The van der Waals surface area contributed by atoms with E-state index >= 15 is 0 Å². The van der Waals surface area contributed by atoms with E-state index in [1.165, 1.54) is 0 Å². The minimum atomic E-state index is -0.193. The number of anilines is 1. The fourth-order valence-electron chi connectivity index (χ4n) is 3.51. The lowest BCUT2D eigenvalue weighted by molar-refractivity contribution is 0.102. The Kier molecular flexibility index (Phi) is 5.89. The Balaban J connectivity index is 1.70. The molecule has 0 fully saturated rings. The molecular weight excluding hydrogens is 390 g/mol. The van der Waals surface area contributed by atoms with E-state index in [9.17, 15) is 4.79 Å². The van der Waals surface area contributed by atoms with Gasteiger partial charge in [0.2, 0.25) is 0 Å². The van der Waals surface area contributed by atoms with Gasteiger partial charge in [-0.15, -0.1) is 0 Å². The minimum Gasteiger partial charge on any atom is -0.497 e. The molecule has 3 aromatic carbocycles. The first kappa shape index (κ1) is 20.5. The van der Waals surface area contributed by atoms with E-state index in [-0.39, 0.29) is 5.91 Å². The molecule has 31 heavy (non-hydrogen) atoms. The molecule has 0 unspecified atom stereocenters. The van der Waals surface area contributed by atoms with E-state index in [0.717, 1.165) is 30.2 Å². The molecule has 1 amide bonds. The summed E-state index contributed by atoms with van der Waals surface area (Å²) in [5, 5.41) is 2.97. The quantitative estimate of drug-likeness (QED) is 0.600. The summed E-state index contributed by atoms with van der Waals surface area (Å²) in [4.78, 5) is 19.8. The number of rotatable bonds is 5. The SMILES string of the molecule is CCN(CC)C1=Nc2ccccc2Oc2ccc(NC(=O)c3ccc(OC)cc3)cc21. The van der Waals surface area contributed by atoms with Crippen molar-refractivity contribution in [1.29, 1.82) is 0 Å². The van der Waals surface area contributed by atoms with Gasteiger partial charge in [-0.2, -0.15) is 0 Å². The van der Waals surface area contributed by atoms with Gasteiger partial charge >= 0.3 is 0 Å². The van der Waals surface area contributed by atoms with Crippen molar-refractivity contribution in [1.82, 2.24) is 4.90 Å². The van der Waals surface area contributed by atoms with Crippen molar-refractivity contribution < 1.29 is 14.3 Å². The number of nitrogens with zero attached hydrogens (tertiary/aromatic N) is 2. The Hall–Kier alpha value is -3.80. The Labute approximate surface area is 182 Å². The van der Waals surface area contributed by atoms with E-state index in [4.69, 9.17) is 14.5 Å². The lowest BCUT2D eigenvalue weighted by Crippen LogP contribution is -2.31. The Morgan fingerprint density at radius 3 is 2.45 bits per heavy atom. The molecule has 1 aliphatic heterocycles. The van der Waals surface area contributed by atoms with E-state index in [1.807, 2.05) is 42.5 Å². The van der Waals surface area contributed by atoms with Crippen LogP contribution in [0.4, 0.5) is 11.4 Å². The van der Waals surface area contributed by atoms with E-state index in [1.54, 1.807) is 31.4 Å². The molecule has 1 N–H and O–H groups in total. The summed E-state index contributed by atoms with van der Waals surface area (Å²) in [6.45, 7) is 5.80. The van der Waals surface area contributed by atoms with Gasteiger partial charge in [-0.1, -0.05) is 12.1 Å². The van der Waals surface area contributed by atoms with Gasteiger partial charge in [-0.25, -0.2) is 4.99 Å². The van der Waals surface area contributed by atoms with Crippen LogP contribution in [0.3, 0.4) is 0 Å². The number of carbonyl (C=O) groups is 1. The largest absolute Gasteiger partial charge is 0.497 e. The number of amidine groups is 1. The number of fused-ring (bicyclic) bond motifs is 2. The van der Waals surface area contributed by atoms with Gasteiger partial charge in [0.15, 0.2) is 5.75 Å². The maximum Gasteiger partial charge on any atom is 0.255 e. The molecule has 4 rings (SSSR count). The van der Waals surface area contributed by atoms with E-state index in [0.29, 0.717) is 28.5 Å². The zero-order valence-corrected chi connectivity index (χ0v) is 17.9. The van der Waals surface area contributed by atoms with Crippen LogP contribution in [0.2, 0.25) is 0 Å². The zero-order chi connectivity index (χ0) is 21.8. The molecule has 6 heteroatoms. The van der Waals surface area contributed by atoms with Gasteiger partial charge in [0.1, 0.15) is 23.0 Å². The summed E-state index contributed by atoms with van der Waals surface area (Å²) in [7, 11) is 1.60. The highest BCUT2D eigenvalue weighted by molar-refractivity contribution is 6.07. The van der Waals surface area contributed by atoms with Gasteiger partial charge in [0.05, 0.1) is 12.7 Å². The van der Waals surface area contributed by atoms with Gasteiger partial charge in [-0.05, 0) is 68.4 Å². The van der Waals surface area contributed by atoms with Crippen molar-refractivity contribution in [2.75, 3.05) is 25.5 Å². The first-order valence-corrected chi connectivity index (χ1v) is 10.3. The summed E-state index contributed by atoms with van der Waals surface area (Å²) in [6, 6.07) is 20.4. The zero-order valence-electron chi connectivity index (χ0n) is 17.9. The third kappa shape index (κ3) is 4.23. The summed E-state index contributed by atoms with van der Waals surface area (Å²) in [6.07, 6.45) is 0. The van der Waals surface area contributed by atoms with Crippen LogP contribution in [-0.4, -0.2) is 36.8 Å². The number of nitrogens with one attached hydrogen (secondary N) is 1. The molecule has 6 nitrogen and oxygen atoms in total. The number of hydrogen-bond acceptors (Lipinski definition) is 5. The van der Waals surface area contributed by atoms with Crippen LogP contribution in [0.25, 0.3) is 0 Å². The van der Waals surface area contributed by atoms with Crippen LogP contribution in [0.1, 0.15) is 29.8 Å². The number of methoxy groups -OCH3 is 1. The molecule has 0 saturated heterocycles. The molecule has 0 spiro atoms. The monoisotopic (exact) mass is 415 g/mol. The topological polar surface area (TPSA) is 63.2 Å². The predicted molar refractivity (Wildman–Crippen MR) is 123 cm³/mol. The molecule has 1 heterocycles. The molecule has 0 radical (unpaired) electrons. The Morgan fingerprint density at radius 2 is 1.74 bits per heavy atom. The molecule has 158 valence electrons. The second-order valence-corrected chi connectivity index (χ2v) is 7.07. The molecule has 1 aliphatic rings. The number of aliphatic imine (C=N–C) groups is 1. The first-order chi connectivity index (χ1) is 15.1. The van der Waals surface area contributed by atoms with Crippen molar-refractivity contribution in [2.45, 2.75) is 13.8 Å². The third-order valence-electron chi connectivity index (χ3n) is 5.21. The summed E-state index contributed by atoms with van der Waals surface area (Å²) < 4.78 is 11.3. The second kappa shape index (κ2) is 8.92. The van der Waals surface area contributed by atoms with Gasteiger partial charge < -0.3 is 19.7 Å². The Morgan fingerprint density at radius 1 is 1.00 bits per heavy atom. The van der Waals surface area contributed by atoms with Crippen molar-refractivity contribution in [3.05, 3.63) is 77.9 Å². The van der Waals surface area contributed by atoms with Crippen LogP contribution >= 0.6 is 0 Å². The van der Waals surface area contributed by atoms with Gasteiger partial charge in [-0.3, -0.25) is 4.79 Å². The number of hydrogen-bond donors (Lipinski definition) is 1. The molecule has 0 bridgehead atoms. The van der Waals surface area contributed by atoms with Crippen LogP contribution in [0.15, 0.2) is 71.7 Å². The highest BCUT2D eigenvalue weighted by Crippen LogP contribution is 2.38. The van der Waals surface area contributed by atoms with Crippen LogP contribution in [0, 0.1) is 0 Å². The minimum absolute atomic E-state index is 0.193. The summed E-state index contributed by atoms with van der Waals surface area (Å²) in [5.41, 5.74) is 2.85. The van der Waals surface area contributed by atoms with Crippen molar-refractivity contribution in [3.63, 3.8) is 0 Å². The van der Waals surface area contributed by atoms with Gasteiger partial charge in [0.25, 0.3) is 5.91 Å². The predicted octanol–water partition coefficient (Wildman–Crippen LogP) is 5.47. The number of ether oxygens (including phenoxy) is 2. The standard InChI is InChI=1S/C25H25N3O3/c1-4-28(5-2)24-20-16-18(26-25(29)17-10-13-19(30-3)14-11-17)12-15-22(20)31-23-9-7-6-8-21(23)27-24/h6-16H,4-5H2,1-3H3,(H,26,29). The highest BCUT2D eigenvalue weighted by Gasteiger charge is 2.22. The molecule has 0 atom stereocenters. The summed E-state index contributed by atoms with van der Waals surface area (Å²) >= 11 is 0. The Bertz CT molecular complexity index is 1120. The van der Waals surface area contributed by atoms with Crippen molar-refractivity contribution in [2.24, 2.45) is 4.99 Å². The average Bonchev–Trinajstić information content (AvgIpc) is 2.97. The first-order valence-electron chi connectivity index (χ1n) is 10.3. The number of carbonyl (C=O) groups excluding carboxylic acids is 1. The number of para-hydroxylation sites is 2. The van der Waals surface area contributed by atoms with Crippen LogP contribution in [0.5, 0.6) is 17.2 Å². The number of benzene rings is 3. The fraction of sp³-hybridized carbons (Fsp3) is 0.200. The lowest BCUT2D eigenvalue weighted by atomic mass is 10.1. The smallest absolute Gasteiger partial charge is 0.255 e. The van der Waals surface area contributed by atoms with Crippen molar-refractivity contribution >= 4 is 23.1 Å². The molecule has 3 aromatic rings. The highest BCUT2D eigenvalue weighted by atomic mass is 16.5. The van der Waals surface area contributed by atoms with E-state index in [2.05, 4.69) is 24.1 Å². The average molecular weight is 415 g/mol. The van der Waals surface area contributed by atoms with E-state index < -0.39 is 0 Å². The molecule has 0 aromatic heterocycles. The molecule has 0 saturated carbocycles. The maximum atomic E-state index is 12.7. The number of amides is 1. The summed E-state index contributed by atoms with van der Waals surface area (Å²) in [5.74, 6) is 2.75. The second-order valence-electron chi connectivity index (χ2n) is 7.07. The lowest BCUT2D eigenvalue weighted by Gasteiger charge is -2.23. The normalized spacial score (nSPS) is 11.9. The van der Waals surface area contributed by atoms with Crippen LogP contribution in [-0.2, 0) is 0 Å². The van der Waals surface area contributed by atoms with Gasteiger partial charge in [0, 0.05) is 24.3 Å². The fourth-order valence-corrected chi connectivity index (χ4v) is 3.51. The van der Waals surface area contributed by atoms with Crippen molar-refractivity contribution in [3.8, 4) is 17.2 Å². The molecular formula is C25H25N3O3. The molecule has 0 aliphatic carbocycles. The maximum absolute atomic E-state index is 12.7.